The van der Waals surface area contributed by atoms with E-state index in [1.54, 1.807) is 0 Å². The van der Waals surface area contributed by atoms with Gasteiger partial charge in [-0.1, -0.05) is 6.07 Å². The molecule has 0 saturated carbocycles. The molecule has 0 aliphatic carbocycles. The molecule has 5 heteroatoms. The minimum atomic E-state index is -1.19. The topological polar surface area (TPSA) is 61.9 Å². The minimum Gasteiger partial charge on any atom is -0.543 e. The standard InChI is InChI=1S/C14H17N3O2/c18-14(19)13-11(10-16-7-3-1-4-8-16)17-9-5-2-6-12(17)15-13/h2,5-6,9H,1,3-4,7-8,10H2,(H,18,19). The number of fused-ring (bicyclic) bond motifs is 1. The maximum atomic E-state index is 11.2. The number of hydrogen-bond acceptors (Lipinski definition) is 3. The molecule has 3 heterocycles. The van der Waals surface area contributed by atoms with Gasteiger partial charge in [-0.25, -0.2) is 4.98 Å². The molecule has 3 rings (SSSR count). The van der Waals surface area contributed by atoms with Crippen LogP contribution >= 0.6 is 0 Å². The molecule has 19 heavy (non-hydrogen) atoms. The second-order valence-electron chi connectivity index (χ2n) is 5.11. The zero-order chi connectivity index (χ0) is 13.2. The van der Waals surface area contributed by atoms with E-state index in [0.717, 1.165) is 18.8 Å². The van der Waals surface area contributed by atoms with Gasteiger partial charge >= 0.3 is 0 Å². The lowest BCUT2D eigenvalue weighted by molar-refractivity contribution is -0.918. The molecule has 100 valence electrons. The van der Waals surface area contributed by atoms with Crippen LogP contribution in [0.3, 0.4) is 0 Å². The number of hydrogen-bond donors (Lipinski definition) is 1. The molecule has 1 aliphatic rings. The molecular formula is C14H17N3O2. The number of piperidine rings is 1. The molecule has 1 saturated heterocycles. The van der Waals surface area contributed by atoms with E-state index in [0.29, 0.717) is 12.2 Å². The first-order valence-electron chi connectivity index (χ1n) is 6.76. The fourth-order valence-electron chi connectivity index (χ4n) is 2.84. The van der Waals surface area contributed by atoms with Crippen molar-refractivity contribution in [1.82, 2.24) is 9.38 Å². The molecule has 5 nitrogen and oxygen atoms in total. The van der Waals surface area contributed by atoms with Crippen LogP contribution in [0.15, 0.2) is 24.4 Å². The number of pyridine rings is 1. The van der Waals surface area contributed by atoms with Gasteiger partial charge in [0.15, 0.2) is 0 Å². The van der Waals surface area contributed by atoms with E-state index < -0.39 is 5.97 Å². The molecule has 2 aromatic heterocycles. The number of rotatable bonds is 3. The summed E-state index contributed by atoms with van der Waals surface area (Å²) in [7, 11) is 0. The number of carboxylic acid groups (broad SMARTS) is 1. The smallest absolute Gasteiger partial charge is 0.137 e. The molecule has 1 fully saturated rings. The summed E-state index contributed by atoms with van der Waals surface area (Å²) in [6.07, 6.45) is 5.58. The Labute approximate surface area is 111 Å². The summed E-state index contributed by atoms with van der Waals surface area (Å²) in [5.41, 5.74) is 1.52. The largest absolute Gasteiger partial charge is 0.543 e. The van der Waals surface area contributed by atoms with Crippen molar-refractivity contribution < 1.29 is 14.8 Å². The van der Waals surface area contributed by atoms with E-state index in [9.17, 15) is 9.90 Å². The quantitative estimate of drug-likeness (QED) is 0.790. The summed E-state index contributed by atoms with van der Waals surface area (Å²) in [5, 5.41) is 11.2. The number of nitrogens with one attached hydrogen (secondary N) is 1. The summed E-state index contributed by atoms with van der Waals surface area (Å²) < 4.78 is 1.87. The third-order valence-electron chi connectivity index (χ3n) is 3.80. The summed E-state index contributed by atoms with van der Waals surface area (Å²) in [5.74, 6) is -1.19. The van der Waals surface area contributed by atoms with E-state index in [-0.39, 0.29) is 5.69 Å². The lowest BCUT2D eigenvalue weighted by Gasteiger charge is -2.23. The lowest BCUT2D eigenvalue weighted by Crippen LogP contribution is -3.11. The predicted molar refractivity (Wildman–Crippen MR) is 67.8 cm³/mol. The molecule has 0 spiro atoms. The number of carbonyl (C=O) groups is 1. The number of nitrogens with zero attached hydrogens (tertiary/aromatic N) is 2. The Morgan fingerprint density at radius 3 is 2.84 bits per heavy atom. The SMILES string of the molecule is O=C([O-])c1nc2ccccn2c1C[NH+]1CCCCC1. The van der Waals surface area contributed by atoms with E-state index >= 15 is 0 Å². The molecule has 2 aromatic rings. The molecule has 0 atom stereocenters. The van der Waals surface area contributed by atoms with Gasteiger partial charge in [0, 0.05) is 6.20 Å². The Kier molecular flexibility index (Phi) is 3.21. The molecule has 1 N–H and O–H groups in total. The fraction of sp³-hybridized carbons (Fsp3) is 0.429. The molecule has 0 bridgehead atoms. The number of carboxylic acids is 1. The molecule has 1 aliphatic heterocycles. The lowest BCUT2D eigenvalue weighted by atomic mass is 10.1. The fourth-order valence-corrected chi connectivity index (χ4v) is 2.84. The van der Waals surface area contributed by atoms with Crippen molar-refractivity contribution in [1.29, 1.82) is 0 Å². The Balaban J connectivity index is 1.99. The first kappa shape index (κ1) is 12.2. The predicted octanol–water partition coefficient (Wildman–Crippen LogP) is -0.733. The average molecular weight is 259 g/mol. The van der Waals surface area contributed by atoms with Crippen molar-refractivity contribution in [2.75, 3.05) is 13.1 Å². The van der Waals surface area contributed by atoms with Crippen molar-refractivity contribution in [3.8, 4) is 0 Å². The van der Waals surface area contributed by atoms with Crippen molar-refractivity contribution in [3.63, 3.8) is 0 Å². The zero-order valence-electron chi connectivity index (χ0n) is 10.8. The van der Waals surface area contributed by atoms with Gasteiger partial charge in [-0.3, -0.25) is 4.40 Å². The monoisotopic (exact) mass is 259 g/mol. The van der Waals surface area contributed by atoms with Gasteiger partial charge in [-0.15, -0.1) is 0 Å². The summed E-state index contributed by atoms with van der Waals surface area (Å²) >= 11 is 0. The van der Waals surface area contributed by atoms with Crippen LogP contribution in [0.2, 0.25) is 0 Å². The highest BCUT2D eigenvalue weighted by molar-refractivity contribution is 5.86. The third-order valence-corrected chi connectivity index (χ3v) is 3.80. The van der Waals surface area contributed by atoms with Crippen LogP contribution in [0.25, 0.3) is 5.65 Å². The Hall–Kier alpha value is -1.88. The van der Waals surface area contributed by atoms with Crippen LogP contribution in [0, 0.1) is 0 Å². The maximum Gasteiger partial charge on any atom is 0.137 e. The van der Waals surface area contributed by atoms with Gasteiger partial charge in [0.1, 0.15) is 23.6 Å². The number of aromatic nitrogens is 2. The molecule has 0 amide bonds. The van der Waals surface area contributed by atoms with Crippen LogP contribution in [0.1, 0.15) is 35.4 Å². The normalized spacial score (nSPS) is 16.8. The maximum absolute atomic E-state index is 11.2. The van der Waals surface area contributed by atoms with Gasteiger partial charge in [0.25, 0.3) is 0 Å². The Morgan fingerprint density at radius 1 is 1.32 bits per heavy atom. The molecular weight excluding hydrogens is 242 g/mol. The molecule has 0 unspecified atom stereocenters. The van der Waals surface area contributed by atoms with Crippen molar-refractivity contribution in [3.05, 3.63) is 35.8 Å². The third kappa shape index (κ3) is 2.33. The Bertz CT molecular complexity index is 600. The average Bonchev–Trinajstić information content (AvgIpc) is 2.79. The first-order valence-corrected chi connectivity index (χ1v) is 6.76. The highest BCUT2D eigenvalue weighted by Gasteiger charge is 2.20. The van der Waals surface area contributed by atoms with E-state index in [1.807, 2.05) is 28.8 Å². The van der Waals surface area contributed by atoms with E-state index in [1.165, 1.54) is 24.2 Å². The Morgan fingerprint density at radius 2 is 2.11 bits per heavy atom. The van der Waals surface area contributed by atoms with Gasteiger partial charge in [0.2, 0.25) is 0 Å². The molecule has 0 aromatic carbocycles. The van der Waals surface area contributed by atoms with Crippen LogP contribution < -0.4 is 10.0 Å². The first-order chi connectivity index (χ1) is 9.25. The van der Waals surface area contributed by atoms with Crippen LogP contribution in [0.5, 0.6) is 0 Å². The number of carbonyl (C=O) groups excluding carboxylic acids is 1. The van der Waals surface area contributed by atoms with Crippen molar-refractivity contribution in [2.45, 2.75) is 25.8 Å². The summed E-state index contributed by atoms with van der Waals surface area (Å²) in [4.78, 5) is 16.8. The van der Waals surface area contributed by atoms with Crippen LogP contribution in [-0.2, 0) is 6.54 Å². The van der Waals surface area contributed by atoms with Crippen molar-refractivity contribution in [2.24, 2.45) is 0 Å². The number of quaternary nitrogens is 1. The molecule has 0 radical (unpaired) electrons. The summed E-state index contributed by atoms with van der Waals surface area (Å²) in [6.45, 7) is 2.91. The van der Waals surface area contributed by atoms with Crippen LogP contribution in [-0.4, -0.2) is 28.4 Å². The summed E-state index contributed by atoms with van der Waals surface area (Å²) in [6, 6.07) is 5.57. The minimum absolute atomic E-state index is 0.0873. The van der Waals surface area contributed by atoms with Gasteiger partial charge in [-0.05, 0) is 31.4 Å². The van der Waals surface area contributed by atoms with Crippen molar-refractivity contribution >= 4 is 11.6 Å². The number of likely N-dealkylation sites (tertiary alicyclic amines) is 1. The highest BCUT2D eigenvalue weighted by Crippen LogP contribution is 2.11. The van der Waals surface area contributed by atoms with Gasteiger partial charge < -0.3 is 14.8 Å². The van der Waals surface area contributed by atoms with E-state index in [2.05, 4.69) is 4.98 Å². The van der Waals surface area contributed by atoms with E-state index in [4.69, 9.17) is 0 Å². The second kappa shape index (κ2) is 5.01. The highest BCUT2D eigenvalue weighted by atomic mass is 16.4. The van der Waals surface area contributed by atoms with Gasteiger partial charge in [0.05, 0.1) is 19.1 Å². The second-order valence-corrected chi connectivity index (χ2v) is 5.11. The number of imidazole rings is 1. The number of aromatic carboxylic acids is 1. The zero-order valence-corrected chi connectivity index (χ0v) is 10.8. The van der Waals surface area contributed by atoms with Crippen LogP contribution in [0.4, 0.5) is 0 Å². The van der Waals surface area contributed by atoms with Gasteiger partial charge in [-0.2, -0.15) is 0 Å².